The smallest absolute Gasteiger partial charge is 0.192 e. The summed E-state index contributed by atoms with van der Waals surface area (Å²) in [5.41, 5.74) is 2.32. The summed E-state index contributed by atoms with van der Waals surface area (Å²) < 4.78 is 25.7. The van der Waals surface area contributed by atoms with E-state index in [9.17, 15) is 4.79 Å². The molecule has 0 aliphatic rings. The number of carbonyl (C=O) groups is 1. The third kappa shape index (κ3) is 14.2. The van der Waals surface area contributed by atoms with Crippen molar-refractivity contribution >= 4 is 22.4 Å². The van der Waals surface area contributed by atoms with Gasteiger partial charge in [0.1, 0.15) is 5.78 Å². The van der Waals surface area contributed by atoms with Crippen molar-refractivity contribution in [1.29, 1.82) is 0 Å². The van der Waals surface area contributed by atoms with Crippen LogP contribution >= 0.6 is 0 Å². The summed E-state index contributed by atoms with van der Waals surface area (Å²) in [7, 11) is -3.92. The fourth-order valence-electron chi connectivity index (χ4n) is 4.48. The summed E-state index contributed by atoms with van der Waals surface area (Å²) in [5, 5.41) is 0.239. The van der Waals surface area contributed by atoms with Crippen molar-refractivity contribution < 1.29 is 23.1 Å². The van der Waals surface area contributed by atoms with Crippen molar-refractivity contribution in [3.8, 4) is 0 Å². The topological polar surface area (TPSA) is 54.0 Å². The molecule has 0 radical (unpaired) electrons. The Hall–Kier alpha value is -1.62. The predicted molar refractivity (Wildman–Crippen MR) is 189 cm³/mol. The Kier molecular flexibility index (Phi) is 15.7. The van der Waals surface area contributed by atoms with Gasteiger partial charge in [0, 0.05) is 12.8 Å². The normalized spacial score (nSPS) is 14.4. The van der Waals surface area contributed by atoms with E-state index < -0.39 is 16.6 Å². The summed E-state index contributed by atoms with van der Waals surface area (Å²) >= 11 is 0. The molecule has 0 aliphatic heterocycles. The third-order valence-electron chi connectivity index (χ3n) is 9.33. The zero-order valence-corrected chi connectivity index (χ0v) is 31.5. The van der Waals surface area contributed by atoms with E-state index in [-0.39, 0.29) is 22.3 Å². The molecule has 44 heavy (non-hydrogen) atoms. The Morgan fingerprint density at radius 3 is 1.27 bits per heavy atom. The molecule has 2 aromatic carbocycles. The number of hydrogen-bond donors (Lipinski definition) is 0. The van der Waals surface area contributed by atoms with Crippen LogP contribution in [0.2, 0.25) is 36.3 Å². The van der Waals surface area contributed by atoms with Gasteiger partial charge in [0.25, 0.3) is 0 Å². The van der Waals surface area contributed by atoms with Gasteiger partial charge in [0.05, 0.1) is 38.6 Å². The van der Waals surface area contributed by atoms with Crippen LogP contribution in [0, 0.1) is 0 Å². The van der Waals surface area contributed by atoms with E-state index in [2.05, 4.69) is 92.0 Å². The summed E-state index contributed by atoms with van der Waals surface area (Å²) in [6, 6.07) is 20.5. The Morgan fingerprint density at radius 2 is 0.955 bits per heavy atom. The van der Waals surface area contributed by atoms with Gasteiger partial charge < -0.3 is 18.3 Å². The largest absolute Gasteiger partial charge is 0.412 e. The van der Waals surface area contributed by atoms with E-state index in [0.29, 0.717) is 45.1 Å². The minimum absolute atomic E-state index is 0.00321. The monoisotopic (exact) mass is 642 g/mol. The van der Waals surface area contributed by atoms with Gasteiger partial charge in [-0.3, -0.25) is 4.79 Å². The van der Waals surface area contributed by atoms with Crippen molar-refractivity contribution in [3.63, 3.8) is 0 Å². The molecule has 2 aromatic rings. The lowest BCUT2D eigenvalue weighted by Gasteiger charge is -2.39. The second-order valence-corrected chi connectivity index (χ2v) is 24.8. The van der Waals surface area contributed by atoms with Crippen molar-refractivity contribution in [2.24, 2.45) is 0 Å². The predicted octanol–water partition coefficient (Wildman–Crippen LogP) is 10.1. The van der Waals surface area contributed by atoms with Gasteiger partial charge in [-0.15, -0.1) is 0 Å². The van der Waals surface area contributed by atoms with Crippen LogP contribution in [0.25, 0.3) is 0 Å². The zero-order chi connectivity index (χ0) is 32.9. The quantitative estimate of drug-likeness (QED) is 0.135. The maximum absolute atomic E-state index is 13.0. The first-order chi connectivity index (χ1) is 20.5. The van der Waals surface area contributed by atoms with Crippen molar-refractivity contribution in [3.05, 3.63) is 71.8 Å². The van der Waals surface area contributed by atoms with E-state index in [1.807, 2.05) is 36.4 Å². The van der Waals surface area contributed by atoms with Gasteiger partial charge in [-0.1, -0.05) is 102 Å². The summed E-state index contributed by atoms with van der Waals surface area (Å²) in [6.45, 7) is 25.0. The lowest BCUT2D eigenvalue weighted by molar-refractivity contribution is -0.119. The molecule has 0 bridgehead atoms. The Balaban J connectivity index is 1.86. The number of rotatable bonds is 20. The van der Waals surface area contributed by atoms with E-state index in [0.717, 1.165) is 36.8 Å². The fourth-order valence-corrected chi connectivity index (χ4v) is 7.23. The van der Waals surface area contributed by atoms with Gasteiger partial charge in [-0.05, 0) is 73.1 Å². The Morgan fingerprint density at radius 1 is 0.614 bits per heavy atom. The molecule has 248 valence electrons. The highest BCUT2D eigenvalue weighted by Crippen LogP contribution is 2.39. The highest BCUT2D eigenvalue weighted by molar-refractivity contribution is 6.74. The highest BCUT2D eigenvalue weighted by Gasteiger charge is 2.40. The molecule has 0 fully saturated rings. The molecule has 2 atom stereocenters. The van der Waals surface area contributed by atoms with Crippen LogP contribution in [0.5, 0.6) is 0 Å². The van der Waals surface area contributed by atoms with Crippen LogP contribution in [-0.4, -0.2) is 47.8 Å². The molecule has 5 nitrogen and oxygen atoms in total. The number of hydrogen-bond acceptors (Lipinski definition) is 5. The average molecular weight is 643 g/mol. The van der Waals surface area contributed by atoms with Crippen LogP contribution in [0.1, 0.15) is 91.2 Å². The maximum atomic E-state index is 13.0. The molecule has 0 amide bonds. The van der Waals surface area contributed by atoms with Crippen molar-refractivity contribution in [2.45, 2.75) is 142 Å². The Bertz CT molecular complexity index is 989. The van der Waals surface area contributed by atoms with Crippen molar-refractivity contribution in [2.75, 3.05) is 13.2 Å². The van der Waals surface area contributed by atoms with E-state index in [1.54, 1.807) is 0 Å². The van der Waals surface area contributed by atoms with Crippen molar-refractivity contribution in [1.82, 2.24) is 0 Å². The van der Waals surface area contributed by atoms with Crippen LogP contribution in [0.3, 0.4) is 0 Å². The summed E-state index contributed by atoms with van der Waals surface area (Å²) in [5.74, 6) is 0.317. The lowest BCUT2D eigenvalue weighted by Crippen LogP contribution is -2.45. The van der Waals surface area contributed by atoms with Gasteiger partial charge >= 0.3 is 0 Å². The molecular formula is C37H62O5Si2. The van der Waals surface area contributed by atoms with Gasteiger partial charge in [-0.2, -0.15) is 0 Å². The van der Waals surface area contributed by atoms with Gasteiger partial charge in [0.2, 0.25) is 0 Å². The first-order valence-electron chi connectivity index (χ1n) is 16.6. The third-order valence-corrected chi connectivity index (χ3v) is 18.4. The van der Waals surface area contributed by atoms with Crippen LogP contribution < -0.4 is 0 Å². The lowest BCUT2D eigenvalue weighted by atomic mass is 10.0. The molecule has 0 saturated carbocycles. The zero-order valence-electron chi connectivity index (χ0n) is 29.5. The number of benzene rings is 2. The van der Waals surface area contributed by atoms with Crippen LogP contribution in [0.15, 0.2) is 60.7 Å². The van der Waals surface area contributed by atoms with Gasteiger partial charge in [0.15, 0.2) is 16.6 Å². The number of Topliss-reactive ketones (excluding diaryl/α,β-unsaturated/α-hetero) is 1. The first-order valence-corrected chi connectivity index (χ1v) is 22.4. The molecule has 7 heteroatoms. The second-order valence-electron chi connectivity index (χ2n) is 15.3. The average Bonchev–Trinajstić information content (AvgIpc) is 2.92. The maximum Gasteiger partial charge on any atom is 0.192 e. The Labute approximate surface area is 271 Å². The first kappa shape index (κ1) is 38.6. The highest BCUT2D eigenvalue weighted by atomic mass is 28.4. The van der Waals surface area contributed by atoms with Gasteiger partial charge in [-0.25, -0.2) is 0 Å². The minimum atomic E-state index is -1.96. The molecule has 0 unspecified atom stereocenters. The molecule has 0 saturated heterocycles. The molecule has 0 heterocycles. The molecular weight excluding hydrogens is 581 g/mol. The van der Waals surface area contributed by atoms with Crippen LogP contribution in [-0.2, 0) is 36.3 Å². The van der Waals surface area contributed by atoms with Crippen LogP contribution in [0.4, 0.5) is 0 Å². The van der Waals surface area contributed by atoms with E-state index in [1.165, 1.54) is 0 Å². The minimum Gasteiger partial charge on any atom is -0.412 e. The fraction of sp³-hybridized carbons (Fsp3) is 0.649. The standard InChI is InChI=1S/C37H62O5Si2/c1-36(2,3)43(7,8)41-34(29-39-27-31-19-13-11-14-20-31)25-17-23-33(38)24-18-26-35(42-44(9,10)37(4,5)6)30-40-28-32-21-15-12-16-22-32/h11-16,19-22,34-35H,17-18,23-30H2,1-10H3/t34-,35+. The van der Waals surface area contributed by atoms with E-state index in [4.69, 9.17) is 18.3 Å². The van der Waals surface area contributed by atoms with E-state index >= 15 is 0 Å². The number of ketones is 1. The number of ether oxygens (including phenoxy) is 2. The molecule has 0 N–H and O–H groups in total. The molecule has 0 spiro atoms. The molecule has 0 aromatic heterocycles. The summed E-state index contributed by atoms with van der Waals surface area (Å²) in [4.78, 5) is 13.0. The second kappa shape index (κ2) is 17.9. The SMILES string of the molecule is CC(C)(C)[Si](C)(C)O[C@H](CCCC(=O)CCC[C@@H](COCc1ccccc1)O[Si](C)(C)C(C)(C)C)COCc1ccccc1. The number of carbonyl (C=O) groups excluding carboxylic acids is 1. The molecule has 2 rings (SSSR count). The summed E-state index contributed by atoms with van der Waals surface area (Å²) in [6.07, 6.45) is 4.44. The molecule has 0 aliphatic carbocycles.